The molecule has 0 spiro atoms. The third-order valence-electron chi connectivity index (χ3n) is 2.77. The van der Waals surface area contributed by atoms with Crippen LogP contribution in [0, 0.1) is 11.3 Å². The first-order valence-corrected chi connectivity index (χ1v) is 6.44. The van der Waals surface area contributed by atoms with Crippen LogP contribution in [0.1, 0.15) is 31.0 Å². The number of nitrogens with one attached hydrogen (secondary N) is 1. The first-order valence-electron chi connectivity index (χ1n) is 6.06. The standard InChI is InChI=1S/C14H15ClN4/c1-10(2)19-9-11(8-18-19)7-17-13-3-4-14(15)12(5-13)6-16/h3-5,8-10,17H,7H2,1-2H3. The molecule has 0 fully saturated rings. The second-order valence-corrected chi connectivity index (χ2v) is 4.99. The Balaban J connectivity index is 2.04. The number of benzene rings is 1. The summed E-state index contributed by atoms with van der Waals surface area (Å²) in [6, 6.07) is 7.75. The second kappa shape index (κ2) is 5.77. The fourth-order valence-corrected chi connectivity index (χ4v) is 1.84. The van der Waals surface area contributed by atoms with Crippen LogP contribution in [0.15, 0.2) is 30.6 Å². The Morgan fingerprint density at radius 3 is 2.89 bits per heavy atom. The Morgan fingerprint density at radius 2 is 2.26 bits per heavy atom. The van der Waals surface area contributed by atoms with E-state index in [1.807, 2.05) is 23.1 Å². The highest BCUT2D eigenvalue weighted by Gasteiger charge is 2.03. The van der Waals surface area contributed by atoms with Gasteiger partial charge in [0.15, 0.2) is 0 Å². The number of nitrogens with zero attached hydrogens (tertiary/aromatic N) is 3. The van der Waals surface area contributed by atoms with Gasteiger partial charge in [-0.1, -0.05) is 11.6 Å². The van der Waals surface area contributed by atoms with Crippen LogP contribution in [0.25, 0.3) is 0 Å². The fraction of sp³-hybridized carbons (Fsp3) is 0.286. The summed E-state index contributed by atoms with van der Waals surface area (Å²) in [4.78, 5) is 0. The van der Waals surface area contributed by atoms with E-state index in [1.165, 1.54) is 0 Å². The lowest BCUT2D eigenvalue weighted by molar-refractivity contribution is 0.532. The van der Waals surface area contributed by atoms with Crippen LogP contribution in [0.3, 0.4) is 0 Å². The van der Waals surface area contributed by atoms with Gasteiger partial charge in [-0.05, 0) is 32.0 Å². The maximum absolute atomic E-state index is 8.92. The van der Waals surface area contributed by atoms with E-state index in [2.05, 4.69) is 30.3 Å². The van der Waals surface area contributed by atoms with Crippen molar-refractivity contribution < 1.29 is 0 Å². The molecule has 1 N–H and O–H groups in total. The summed E-state index contributed by atoms with van der Waals surface area (Å²) in [6.07, 6.45) is 3.85. The van der Waals surface area contributed by atoms with Crippen molar-refractivity contribution in [2.24, 2.45) is 0 Å². The number of anilines is 1. The van der Waals surface area contributed by atoms with Gasteiger partial charge in [-0.25, -0.2) is 0 Å². The van der Waals surface area contributed by atoms with Crippen molar-refractivity contribution in [3.63, 3.8) is 0 Å². The Labute approximate surface area is 117 Å². The minimum absolute atomic E-state index is 0.356. The minimum atomic E-state index is 0.356. The third-order valence-corrected chi connectivity index (χ3v) is 3.10. The molecule has 0 aliphatic rings. The monoisotopic (exact) mass is 274 g/mol. The summed E-state index contributed by atoms with van der Waals surface area (Å²) in [5, 5.41) is 16.9. The molecule has 0 radical (unpaired) electrons. The van der Waals surface area contributed by atoms with Gasteiger partial charge < -0.3 is 5.32 Å². The molecule has 0 bridgehead atoms. The molecule has 2 rings (SSSR count). The van der Waals surface area contributed by atoms with Crippen molar-refractivity contribution in [1.29, 1.82) is 5.26 Å². The van der Waals surface area contributed by atoms with Gasteiger partial charge in [0.05, 0.1) is 16.8 Å². The number of rotatable bonds is 4. The molecule has 0 amide bonds. The van der Waals surface area contributed by atoms with Gasteiger partial charge in [0, 0.05) is 30.0 Å². The van der Waals surface area contributed by atoms with Gasteiger partial charge in [0.25, 0.3) is 0 Å². The summed E-state index contributed by atoms with van der Waals surface area (Å²) in [5.41, 5.74) is 2.45. The largest absolute Gasteiger partial charge is 0.381 e. The Bertz CT molecular complexity index is 610. The van der Waals surface area contributed by atoms with Gasteiger partial charge in [-0.15, -0.1) is 0 Å². The molecule has 0 unspecified atom stereocenters. The molecular formula is C14H15ClN4. The molecule has 1 aromatic carbocycles. The zero-order valence-corrected chi connectivity index (χ0v) is 11.6. The number of aromatic nitrogens is 2. The lowest BCUT2D eigenvalue weighted by Crippen LogP contribution is -2.01. The van der Waals surface area contributed by atoms with E-state index in [0.717, 1.165) is 11.3 Å². The van der Waals surface area contributed by atoms with E-state index < -0.39 is 0 Å². The Hall–Kier alpha value is -1.99. The van der Waals surface area contributed by atoms with Crippen LogP contribution in [-0.2, 0) is 6.54 Å². The molecule has 2 aromatic rings. The topological polar surface area (TPSA) is 53.6 Å². The lowest BCUT2D eigenvalue weighted by atomic mass is 10.2. The quantitative estimate of drug-likeness (QED) is 0.927. The van der Waals surface area contributed by atoms with Crippen LogP contribution in [0.2, 0.25) is 5.02 Å². The summed E-state index contributed by atoms with van der Waals surface area (Å²) >= 11 is 5.89. The van der Waals surface area contributed by atoms with Gasteiger partial charge in [0.2, 0.25) is 0 Å². The molecule has 19 heavy (non-hydrogen) atoms. The van der Waals surface area contributed by atoms with Crippen LogP contribution in [0.4, 0.5) is 5.69 Å². The van der Waals surface area contributed by atoms with E-state index in [4.69, 9.17) is 16.9 Å². The summed E-state index contributed by atoms with van der Waals surface area (Å²) in [6.45, 7) is 4.84. The molecule has 1 heterocycles. The van der Waals surface area contributed by atoms with Crippen molar-refractivity contribution in [1.82, 2.24) is 9.78 Å². The molecule has 0 aliphatic carbocycles. The maximum atomic E-state index is 8.92. The van der Waals surface area contributed by atoms with E-state index in [9.17, 15) is 0 Å². The van der Waals surface area contributed by atoms with Crippen molar-refractivity contribution in [3.8, 4) is 6.07 Å². The van der Waals surface area contributed by atoms with Crippen molar-refractivity contribution in [3.05, 3.63) is 46.7 Å². The average molecular weight is 275 g/mol. The van der Waals surface area contributed by atoms with Crippen LogP contribution in [-0.4, -0.2) is 9.78 Å². The van der Waals surface area contributed by atoms with Gasteiger partial charge >= 0.3 is 0 Å². The second-order valence-electron chi connectivity index (χ2n) is 4.58. The van der Waals surface area contributed by atoms with Crippen LogP contribution >= 0.6 is 11.6 Å². The molecular weight excluding hydrogens is 260 g/mol. The molecule has 5 heteroatoms. The molecule has 0 saturated carbocycles. The molecule has 98 valence electrons. The summed E-state index contributed by atoms with van der Waals surface area (Å²) in [5.74, 6) is 0. The molecule has 4 nitrogen and oxygen atoms in total. The predicted molar refractivity (Wildman–Crippen MR) is 76.1 cm³/mol. The first-order chi connectivity index (χ1) is 9.10. The van der Waals surface area contributed by atoms with Crippen molar-refractivity contribution in [2.45, 2.75) is 26.4 Å². The van der Waals surface area contributed by atoms with E-state index in [-0.39, 0.29) is 0 Å². The van der Waals surface area contributed by atoms with Crippen LogP contribution in [0.5, 0.6) is 0 Å². The van der Waals surface area contributed by atoms with E-state index >= 15 is 0 Å². The smallest absolute Gasteiger partial charge is 0.101 e. The molecule has 0 aliphatic heterocycles. The van der Waals surface area contributed by atoms with Crippen molar-refractivity contribution >= 4 is 17.3 Å². The average Bonchev–Trinajstić information content (AvgIpc) is 2.87. The van der Waals surface area contributed by atoms with E-state index in [0.29, 0.717) is 23.2 Å². The lowest BCUT2D eigenvalue weighted by Gasteiger charge is -2.06. The number of hydrogen-bond donors (Lipinski definition) is 1. The summed E-state index contributed by atoms with van der Waals surface area (Å²) < 4.78 is 1.92. The molecule has 1 aromatic heterocycles. The molecule has 0 atom stereocenters. The highest BCUT2D eigenvalue weighted by Crippen LogP contribution is 2.20. The minimum Gasteiger partial charge on any atom is -0.381 e. The Morgan fingerprint density at radius 1 is 1.47 bits per heavy atom. The number of halogens is 1. The third kappa shape index (κ3) is 3.27. The van der Waals surface area contributed by atoms with Gasteiger partial charge in [-0.2, -0.15) is 10.4 Å². The number of hydrogen-bond acceptors (Lipinski definition) is 3. The summed E-state index contributed by atoms with van der Waals surface area (Å²) in [7, 11) is 0. The first kappa shape index (κ1) is 13.4. The Kier molecular flexibility index (Phi) is 4.08. The molecule has 0 saturated heterocycles. The highest BCUT2D eigenvalue weighted by molar-refractivity contribution is 6.31. The SMILES string of the molecule is CC(C)n1cc(CNc2ccc(Cl)c(C#N)c2)cn1. The zero-order chi connectivity index (χ0) is 13.8. The zero-order valence-electron chi connectivity index (χ0n) is 10.9. The normalized spacial score (nSPS) is 10.5. The van der Waals surface area contributed by atoms with Crippen molar-refractivity contribution in [2.75, 3.05) is 5.32 Å². The number of nitriles is 1. The van der Waals surface area contributed by atoms with Crippen LogP contribution < -0.4 is 5.32 Å². The fourth-order valence-electron chi connectivity index (χ4n) is 1.68. The van der Waals surface area contributed by atoms with Gasteiger partial charge in [0.1, 0.15) is 6.07 Å². The van der Waals surface area contributed by atoms with Gasteiger partial charge in [-0.3, -0.25) is 4.68 Å². The van der Waals surface area contributed by atoms with E-state index in [1.54, 1.807) is 12.1 Å². The predicted octanol–water partition coefficient (Wildman–Crippen LogP) is 3.60. The maximum Gasteiger partial charge on any atom is 0.101 e. The highest BCUT2D eigenvalue weighted by atomic mass is 35.5.